The van der Waals surface area contributed by atoms with E-state index in [0.29, 0.717) is 29.6 Å². The Morgan fingerprint density at radius 2 is 1.95 bits per heavy atom. The smallest absolute Gasteiger partial charge is 0.299 e. The van der Waals surface area contributed by atoms with Gasteiger partial charge in [-0.1, -0.05) is 25.5 Å². The number of thiazole rings is 1. The van der Waals surface area contributed by atoms with Gasteiger partial charge < -0.3 is 0 Å². The van der Waals surface area contributed by atoms with Gasteiger partial charge in [0.05, 0.1) is 28.0 Å². The predicted molar refractivity (Wildman–Crippen MR) is 148 cm³/mol. The molecule has 1 saturated heterocycles. The first-order valence-corrected chi connectivity index (χ1v) is 14.6. The van der Waals surface area contributed by atoms with Crippen LogP contribution in [0.1, 0.15) is 72.2 Å². The van der Waals surface area contributed by atoms with Crippen LogP contribution in [0.2, 0.25) is 0 Å². The number of aryl methyl sites for hydroxylation is 1. The lowest BCUT2D eigenvalue weighted by Gasteiger charge is -2.34. The van der Waals surface area contributed by atoms with E-state index in [9.17, 15) is 18.0 Å². The average molecular weight is 555 g/mol. The van der Waals surface area contributed by atoms with Crippen LogP contribution < -0.4 is 5.69 Å². The first kappa shape index (κ1) is 26.3. The van der Waals surface area contributed by atoms with E-state index in [1.54, 1.807) is 23.6 Å². The number of likely N-dealkylation sites (tertiary alicyclic amines) is 1. The summed E-state index contributed by atoms with van der Waals surface area (Å²) in [5.41, 5.74) is 3.65. The number of nitrogens with zero attached hydrogens (tertiary/aromatic N) is 4. The number of rotatable bonds is 6. The monoisotopic (exact) mass is 554 g/mol. The summed E-state index contributed by atoms with van der Waals surface area (Å²) < 4.78 is 45.2. The van der Waals surface area contributed by atoms with Crippen LogP contribution in [0.5, 0.6) is 0 Å². The summed E-state index contributed by atoms with van der Waals surface area (Å²) in [4.78, 5) is 21.6. The van der Waals surface area contributed by atoms with Gasteiger partial charge in [-0.2, -0.15) is 13.2 Å². The molecule has 0 N–H and O–H groups in total. The molecule has 206 valence electrons. The second-order valence-corrected chi connectivity index (χ2v) is 12.4. The Morgan fingerprint density at radius 3 is 2.62 bits per heavy atom. The van der Waals surface area contributed by atoms with Crippen molar-refractivity contribution < 1.29 is 13.2 Å². The minimum absolute atomic E-state index is 0.113. The molecule has 0 amide bonds. The van der Waals surface area contributed by atoms with E-state index in [4.69, 9.17) is 0 Å². The molecule has 2 fully saturated rings. The summed E-state index contributed by atoms with van der Waals surface area (Å²) >= 11 is 1.62. The molecular weight excluding hydrogens is 521 g/mol. The van der Waals surface area contributed by atoms with Crippen LogP contribution in [0.3, 0.4) is 0 Å². The molecule has 0 radical (unpaired) electrons. The van der Waals surface area contributed by atoms with Gasteiger partial charge in [-0.05, 0) is 80.3 Å². The van der Waals surface area contributed by atoms with Crippen LogP contribution >= 0.6 is 11.3 Å². The summed E-state index contributed by atoms with van der Waals surface area (Å²) in [5, 5.41) is 0. The Balaban J connectivity index is 1.42. The predicted octanol–water partition coefficient (Wildman–Crippen LogP) is 7.04. The average Bonchev–Trinajstić information content (AvgIpc) is 3.43. The molecule has 0 unspecified atom stereocenters. The number of piperidine rings is 1. The van der Waals surface area contributed by atoms with E-state index in [1.807, 2.05) is 23.7 Å². The zero-order valence-corrected chi connectivity index (χ0v) is 23.1. The lowest BCUT2D eigenvalue weighted by molar-refractivity contribution is -0.136. The molecule has 4 aromatic rings. The highest BCUT2D eigenvalue weighted by molar-refractivity contribution is 7.09. The van der Waals surface area contributed by atoms with Crippen molar-refractivity contribution >= 4 is 16.9 Å². The number of alkyl halides is 3. The SMILES string of the molecule is Cc1scnc1[C@@H](c1cccc(-n2cc3c(C(F)(F)F)cc(CN4CCC[C@H](C)C4)cn3c2=O)c1)C1CCC1. The third kappa shape index (κ3) is 5.07. The molecule has 1 saturated carbocycles. The number of aromatic nitrogens is 3. The summed E-state index contributed by atoms with van der Waals surface area (Å²) in [6.07, 6.45) is 3.94. The molecular formula is C30H33F3N4OS. The van der Waals surface area contributed by atoms with E-state index in [0.717, 1.165) is 50.0 Å². The molecule has 1 aliphatic carbocycles. The number of halogens is 3. The number of fused-ring (bicyclic) bond motifs is 1. The molecule has 1 aromatic carbocycles. The zero-order chi connectivity index (χ0) is 27.3. The fraction of sp³-hybridized carbons (Fsp3) is 0.467. The molecule has 0 bridgehead atoms. The first-order chi connectivity index (χ1) is 18.7. The lowest BCUT2D eigenvalue weighted by atomic mass is 9.71. The van der Waals surface area contributed by atoms with Crippen LogP contribution in [-0.2, 0) is 12.7 Å². The summed E-state index contributed by atoms with van der Waals surface area (Å²) in [6, 6.07) is 8.89. The molecule has 2 atom stereocenters. The summed E-state index contributed by atoms with van der Waals surface area (Å²) in [5.74, 6) is 1.10. The van der Waals surface area contributed by atoms with Crippen molar-refractivity contribution in [2.75, 3.05) is 13.1 Å². The first-order valence-electron chi connectivity index (χ1n) is 13.8. The minimum Gasteiger partial charge on any atom is -0.299 e. The highest BCUT2D eigenvalue weighted by atomic mass is 32.1. The second kappa shape index (κ2) is 10.2. The molecule has 3 aromatic heterocycles. The Bertz CT molecular complexity index is 1550. The largest absolute Gasteiger partial charge is 0.418 e. The molecule has 39 heavy (non-hydrogen) atoms. The molecule has 2 aliphatic rings. The van der Waals surface area contributed by atoms with Crippen molar-refractivity contribution in [3.63, 3.8) is 0 Å². The molecule has 0 spiro atoms. The van der Waals surface area contributed by atoms with Gasteiger partial charge in [0.2, 0.25) is 0 Å². The van der Waals surface area contributed by atoms with Gasteiger partial charge in [-0.3, -0.25) is 13.9 Å². The van der Waals surface area contributed by atoms with E-state index < -0.39 is 17.4 Å². The standard InChI is InChI=1S/C30H33F3N4OS/c1-19-6-5-11-35(14-19)15-21-12-25(30(31,32)33)26-17-36(29(38)37(26)16-21)24-10-4-9-23(13-24)27(22-7-3-8-22)28-20(2)39-18-34-28/h4,9-10,12-13,16-19,22,27H,3,5-8,11,14-15H2,1-2H3/t19-,27+/m0/s1. The van der Waals surface area contributed by atoms with E-state index in [2.05, 4.69) is 23.7 Å². The summed E-state index contributed by atoms with van der Waals surface area (Å²) in [6.45, 7) is 6.34. The van der Waals surface area contributed by atoms with Gasteiger partial charge in [0.25, 0.3) is 0 Å². The van der Waals surface area contributed by atoms with Gasteiger partial charge >= 0.3 is 11.9 Å². The third-order valence-electron chi connectivity index (χ3n) is 8.48. The number of hydrogen-bond acceptors (Lipinski definition) is 4. The van der Waals surface area contributed by atoms with Crippen molar-refractivity contribution in [1.82, 2.24) is 18.9 Å². The maximum absolute atomic E-state index is 14.2. The number of pyridine rings is 1. The van der Waals surface area contributed by atoms with Crippen LogP contribution in [-0.4, -0.2) is 31.9 Å². The normalized spacial score (nSPS) is 19.9. The van der Waals surface area contributed by atoms with Gasteiger partial charge in [0, 0.05) is 36.3 Å². The van der Waals surface area contributed by atoms with Gasteiger partial charge in [0.1, 0.15) is 0 Å². The number of benzene rings is 1. The lowest BCUT2D eigenvalue weighted by Crippen LogP contribution is -2.34. The van der Waals surface area contributed by atoms with Crippen LogP contribution in [0.15, 0.2) is 53.0 Å². The topological polar surface area (TPSA) is 42.5 Å². The van der Waals surface area contributed by atoms with Gasteiger partial charge in [-0.25, -0.2) is 9.78 Å². The molecule has 1 aliphatic heterocycles. The Labute approximate surface area is 229 Å². The van der Waals surface area contributed by atoms with Gasteiger partial charge in [0.15, 0.2) is 0 Å². The maximum atomic E-state index is 14.2. The van der Waals surface area contributed by atoms with Crippen molar-refractivity contribution in [2.45, 2.75) is 64.6 Å². The van der Waals surface area contributed by atoms with E-state index >= 15 is 0 Å². The fourth-order valence-electron chi connectivity index (χ4n) is 6.34. The summed E-state index contributed by atoms with van der Waals surface area (Å²) in [7, 11) is 0. The molecule has 5 nitrogen and oxygen atoms in total. The van der Waals surface area contributed by atoms with Crippen molar-refractivity contribution in [2.24, 2.45) is 11.8 Å². The minimum atomic E-state index is -4.58. The Morgan fingerprint density at radius 1 is 1.13 bits per heavy atom. The van der Waals surface area contributed by atoms with E-state index in [1.165, 1.54) is 32.5 Å². The molecule has 6 rings (SSSR count). The highest BCUT2D eigenvalue weighted by Gasteiger charge is 2.35. The quantitative estimate of drug-likeness (QED) is 0.257. The zero-order valence-electron chi connectivity index (χ0n) is 22.2. The van der Waals surface area contributed by atoms with Crippen LogP contribution in [0.25, 0.3) is 11.2 Å². The fourth-order valence-corrected chi connectivity index (χ4v) is 6.96. The van der Waals surface area contributed by atoms with Crippen LogP contribution in [0.4, 0.5) is 13.2 Å². The highest BCUT2D eigenvalue weighted by Crippen LogP contribution is 2.44. The number of imidazole rings is 1. The molecule has 4 heterocycles. The Hall–Kier alpha value is -2.91. The van der Waals surface area contributed by atoms with Crippen LogP contribution in [0, 0.1) is 18.8 Å². The van der Waals surface area contributed by atoms with Crippen molar-refractivity contribution in [3.8, 4) is 5.69 Å². The van der Waals surface area contributed by atoms with E-state index in [-0.39, 0.29) is 11.4 Å². The van der Waals surface area contributed by atoms with Gasteiger partial charge in [-0.15, -0.1) is 11.3 Å². The second-order valence-electron chi connectivity index (χ2n) is 11.3. The van der Waals surface area contributed by atoms with Crippen molar-refractivity contribution in [1.29, 1.82) is 0 Å². The third-order valence-corrected chi connectivity index (χ3v) is 9.26. The molecule has 9 heteroatoms. The maximum Gasteiger partial charge on any atom is 0.418 e. The number of hydrogen-bond donors (Lipinski definition) is 0. The van der Waals surface area contributed by atoms with Crippen molar-refractivity contribution in [3.05, 3.63) is 86.0 Å². The Kier molecular flexibility index (Phi) is 6.91.